The Morgan fingerprint density at radius 1 is 1.70 bits per heavy atom. The average Bonchev–Trinajstić information content (AvgIpc) is 2.31. The topological polar surface area (TPSA) is 29.5 Å². The number of thioether (sulfide) groups is 1. The van der Waals surface area contributed by atoms with E-state index in [0.29, 0.717) is 11.4 Å². The SMILES string of the molecule is CC1OCCC1SCCO. The minimum Gasteiger partial charge on any atom is -0.396 e. The van der Waals surface area contributed by atoms with Gasteiger partial charge in [0.2, 0.25) is 0 Å². The van der Waals surface area contributed by atoms with E-state index < -0.39 is 0 Å². The fourth-order valence-corrected chi connectivity index (χ4v) is 2.16. The van der Waals surface area contributed by atoms with E-state index in [1.165, 1.54) is 0 Å². The second-order valence-electron chi connectivity index (χ2n) is 2.50. The van der Waals surface area contributed by atoms with Gasteiger partial charge in [0.15, 0.2) is 0 Å². The van der Waals surface area contributed by atoms with Crippen LogP contribution in [0.4, 0.5) is 0 Å². The van der Waals surface area contributed by atoms with E-state index in [1.807, 2.05) is 11.8 Å². The third kappa shape index (κ3) is 2.15. The van der Waals surface area contributed by atoms with Gasteiger partial charge in [-0.2, -0.15) is 11.8 Å². The molecule has 1 aliphatic rings. The number of aliphatic hydroxyl groups excluding tert-OH is 1. The van der Waals surface area contributed by atoms with Crippen molar-refractivity contribution in [2.45, 2.75) is 24.7 Å². The number of rotatable bonds is 3. The summed E-state index contributed by atoms with van der Waals surface area (Å²) in [6.07, 6.45) is 1.53. The second kappa shape index (κ2) is 4.21. The molecule has 2 nitrogen and oxygen atoms in total. The minimum absolute atomic E-state index is 0.286. The number of ether oxygens (including phenoxy) is 1. The number of aliphatic hydroxyl groups is 1. The first kappa shape index (κ1) is 8.37. The summed E-state index contributed by atoms with van der Waals surface area (Å²) >= 11 is 1.82. The Kier molecular flexibility index (Phi) is 3.52. The van der Waals surface area contributed by atoms with E-state index in [9.17, 15) is 0 Å². The Morgan fingerprint density at radius 2 is 2.50 bits per heavy atom. The van der Waals surface area contributed by atoms with Gasteiger partial charge in [-0.1, -0.05) is 0 Å². The van der Waals surface area contributed by atoms with Gasteiger partial charge in [0.25, 0.3) is 0 Å². The molecule has 0 saturated carbocycles. The molecule has 1 rings (SSSR count). The highest BCUT2D eigenvalue weighted by Crippen LogP contribution is 2.25. The predicted molar refractivity (Wildman–Crippen MR) is 43.4 cm³/mol. The summed E-state index contributed by atoms with van der Waals surface area (Å²) in [6, 6.07) is 0. The smallest absolute Gasteiger partial charge is 0.0666 e. The molecule has 0 aliphatic carbocycles. The molecule has 0 bridgehead atoms. The highest BCUT2D eigenvalue weighted by Gasteiger charge is 2.23. The molecule has 3 heteroatoms. The van der Waals surface area contributed by atoms with Crippen molar-refractivity contribution in [3.63, 3.8) is 0 Å². The van der Waals surface area contributed by atoms with Crippen LogP contribution in [0.5, 0.6) is 0 Å². The zero-order valence-electron chi connectivity index (χ0n) is 6.25. The molecule has 2 unspecified atom stereocenters. The van der Waals surface area contributed by atoms with E-state index in [-0.39, 0.29) is 6.61 Å². The Morgan fingerprint density at radius 3 is 3.00 bits per heavy atom. The third-order valence-electron chi connectivity index (χ3n) is 1.73. The van der Waals surface area contributed by atoms with Crippen molar-refractivity contribution in [2.75, 3.05) is 19.0 Å². The lowest BCUT2D eigenvalue weighted by molar-refractivity contribution is 0.127. The van der Waals surface area contributed by atoms with Gasteiger partial charge >= 0.3 is 0 Å². The summed E-state index contributed by atoms with van der Waals surface area (Å²) in [6.45, 7) is 3.28. The molecular weight excluding hydrogens is 148 g/mol. The van der Waals surface area contributed by atoms with Gasteiger partial charge in [0.05, 0.1) is 12.7 Å². The van der Waals surface area contributed by atoms with Crippen LogP contribution in [0, 0.1) is 0 Å². The lowest BCUT2D eigenvalue weighted by Crippen LogP contribution is -2.14. The van der Waals surface area contributed by atoms with Crippen molar-refractivity contribution in [3.8, 4) is 0 Å². The summed E-state index contributed by atoms with van der Waals surface area (Å²) in [5, 5.41) is 9.17. The van der Waals surface area contributed by atoms with Gasteiger partial charge in [0, 0.05) is 17.6 Å². The second-order valence-corrected chi connectivity index (χ2v) is 3.84. The van der Waals surface area contributed by atoms with Crippen LogP contribution in [-0.2, 0) is 4.74 Å². The largest absolute Gasteiger partial charge is 0.396 e. The van der Waals surface area contributed by atoms with Crippen molar-refractivity contribution >= 4 is 11.8 Å². The van der Waals surface area contributed by atoms with Crippen LogP contribution >= 0.6 is 11.8 Å². The molecule has 0 aromatic heterocycles. The molecule has 1 aliphatic heterocycles. The highest BCUT2D eigenvalue weighted by molar-refractivity contribution is 7.99. The molecule has 0 amide bonds. The van der Waals surface area contributed by atoms with Crippen molar-refractivity contribution in [3.05, 3.63) is 0 Å². The van der Waals surface area contributed by atoms with E-state index in [2.05, 4.69) is 6.92 Å². The summed E-state index contributed by atoms with van der Waals surface area (Å²) < 4.78 is 5.36. The minimum atomic E-state index is 0.286. The van der Waals surface area contributed by atoms with Crippen molar-refractivity contribution in [2.24, 2.45) is 0 Å². The summed E-state index contributed by atoms with van der Waals surface area (Å²) in [4.78, 5) is 0. The Bertz CT molecular complexity index is 97.6. The monoisotopic (exact) mass is 162 g/mol. The number of hydrogen-bond acceptors (Lipinski definition) is 3. The maximum Gasteiger partial charge on any atom is 0.0666 e. The Labute approximate surface area is 66.0 Å². The van der Waals surface area contributed by atoms with Gasteiger partial charge in [-0.05, 0) is 13.3 Å². The first-order valence-electron chi connectivity index (χ1n) is 3.68. The molecule has 0 radical (unpaired) electrons. The van der Waals surface area contributed by atoms with E-state index >= 15 is 0 Å². The predicted octanol–water partition coefficient (Wildman–Crippen LogP) is 0.889. The Hall–Kier alpha value is 0.270. The van der Waals surface area contributed by atoms with Crippen molar-refractivity contribution in [1.82, 2.24) is 0 Å². The van der Waals surface area contributed by atoms with Gasteiger partial charge in [-0.15, -0.1) is 0 Å². The molecule has 1 N–H and O–H groups in total. The molecule has 0 aromatic rings. The lowest BCUT2D eigenvalue weighted by atomic mass is 10.3. The van der Waals surface area contributed by atoms with Gasteiger partial charge < -0.3 is 9.84 Å². The van der Waals surface area contributed by atoms with E-state index in [4.69, 9.17) is 9.84 Å². The van der Waals surface area contributed by atoms with Crippen LogP contribution in [0.15, 0.2) is 0 Å². The summed E-state index contributed by atoms with van der Waals surface area (Å²) in [7, 11) is 0. The lowest BCUT2D eigenvalue weighted by Gasteiger charge is -2.11. The zero-order valence-corrected chi connectivity index (χ0v) is 7.06. The van der Waals surface area contributed by atoms with Crippen LogP contribution in [-0.4, -0.2) is 35.4 Å². The van der Waals surface area contributed by atoms with E-state index in [1.54, 1.807) is 0 Å². The summed E-state index contributed by atoms with van der Waals surface area (Å²) in [5.41, 5.74) is 0. The van der Waals surface area contributed by atoms with Crippen molar-refractivity contribution < 1.29 is 9.84 Å². The zero-order chi connectivity index (χ0) is 7.40. The van der Waals surface area contributed by atoms with Crippen LogP contribution in [0.25, 0.3) is 0 Å². The van der Waals surface area contributed by atoms with Crippen LogP contribution in [0.2, 0.25) is 0 Å². The molecule has 1 fully saturated rings. The van der Waals surface area contributed by atoms with Crippen LogP contribution in [0.3, 0.4) is 0 Å². The van der Waals surface area contributed by atoms with Gasteiger partial charge in [0.1, 0.15) is 0 Å². The fourth-order valence-electron chi connectivity index (χ4n) is 1.14. The summed E-state index contributed by atoms with van der Waals surface area (Å²) in [5.74, 6) is 0.846. The molecule has 10 heavy (non-hydrogen) atoms. The highest BCUT2D eigenvalue weighted by atomic mass is 32.2. The molecule has 0 aromatic carbocycles. The standard InChI is InChI=1S/C7H14O2S/c1-6-7(2-4-9-6)10-5-3-8/h6-8H,2-5H2,1H3. The first-order valence-corrected chi connectivity index (χ1v) is 4.73. The molecule has 1 heterocycles. The molecule has 2 atom stereocenters. The van der Waals surface area contributed by atoms with Crippen LogP contribution < -0.4 is 0 Å². The quantitative estimate of drug-likeness (QED) is 0.668. The fraction of sp³-hybridized carbons (Fsp3) is 1.00. The Balaban J connectivity index is 2.14. The average molecular weight is 162 g/mol. The maximum atomic E-state index is 8.55. The molecule has 1 saturated heterocycles. The first-order chi connectivity index (χ1) is 4.84. The molecule has 0 spiro atoms. The van der Waals surface area contributed by atoms with Gasteiger partial charge in [-0.3, -0.25) is 0 Å². The van der Waals surface area contributed by atoms with Crippen molar-refractivity contribution in [1.29, 1.82) is 0 Å². The number of hydrogen-bond donors (Lipinski definition) is 1. The molecular formula is C7H14O2S. The van der Waals surface area contributed by atoms with Crippen LogP contribution in [0.1, 0.15) is 13.3 Å². The maximum absolute atomic E-state index is 8.55. The third-order valence-corrected chi connectivity index (χ3v) is 3.20. The molecule has 60 valence electrons. The van der Waals surface area contributed by atoms with E-state index in [0.717, 1.165) is 18.8 Å². The normalized spacial score (nSPS) is 33.0. The van der Waals surface area contributed by atoms with Gasteiger partial charge in [-0.25, -0.2) is 0 Å².